The van der Waals surface area contributed by atoms with Crippen molar-refractivity contribution in [3.8, 4) is 11.5 Å². The van der Waals surface area contributed by atoms with E-state index in [0.29, 0.717) is 0 Å². The largest absolute Gasteiger partial charge is 2.00 e. The van der Waals surface area contributed by atoms with Crippen molar-refractivity contribution in [2.75, 3.05) is 0 Å². The van der Waals surface area contributed by atoms with Crippen LogP contribution in [0.4, 0.5) is 22.7 Å². The fourth-order valence-electron chi connectivity index (χ4n) is 5.48. The van der Waals surface area contributed by atoms with Crippen molar-refractivity contribution < 1.29 is 39.5 Å². The van der Waals surface area contributed by atoms with E-state index in [1.165, 1.54) is 48.8 Å². The smallest absolute Gasteiger partial charge is 0.872 e. The third kappa shape index (κ3) is 13.4. The molecule has 10 nitrogen and oxygen atoms in total. The molecule has 55 heavy (non-hydrogen) atoms. The Balaban J connectivity index is 0.000000324. The first kappa shape index (κ1) is 45.6. The standard InChI is InChI=1S/2C19H22N2O3.C6H6.Zn/c2*1-12(2)16-6-5-7-17(13(3)4)19(16)20-11-14-10-15(21(23)24)8-9-18(14)22;1-2-4-6-5-3-1;/h2*5-13,22H,1-4H3;1-6H;/q;;;+2/p-2. The number of benzene rings is 5. The molecule has 282 valence electrons. The maximum absolute atomic E-state index is 11.9. The van der Waals surface area contributed by atoms with Gasteiger partial charge in [-0.25, -0.2) is 0 Å². The summed E-state index contributed by atoms with van der Waals surface area (Å²) < 4.78 is 0. The Labute approximate surface area is 336 Å². The number of nitro groups is 2. The van der Waals surface area contributed by atoms with E-state index in [0.717, 1.165) is 33.6 Å². The van der Waals surface area contributed by atoms with E-state index >= 15 is 0 Å². The summed E-state index contributed by atoms with van der Waals surface area (Å²) >= 11 is 0. The molecule has 0 bridgehead atoms. The molecule has 0 aromatic heterocycles. The van der Waals surface area contributed by atoms with Gasteiger partial charge in [-0.3, -0.25) is 30.2 Å². The average molecular weight is 794 g/mol. The molecular weight excluding hydrogens is 746 g/mol. The average Bonchev–Trinajstić information content (AvgIpc) is 3.14. The summed E-state index contributed by atoms with van der Waals surface area (Å²) in [6.45, 7) is 16.7. The summed E-state index contributed by atoms with van der Waals surface area (Å²) in [4.78, 5) is 29.8. The van der Waals surface area contributed by atoms with Gasteiger partial charge in [0.05, 0.1) is 21.2 Å². The second-order valence-corrected chi connectivity index (χ2v) is 13.8. The van der Waals surface area contributed by atoms with Crippen LogP contribution in [-0.2, 0) is 19.5 Å². The Morgan fingerprint density at radius 3 is 0.982 bits per heavy atom. The molecular formula is C44H48N4O6Zn. The van der Waals surface area contributed by atoms with Crippen LogP contribution in [0.25, 0.3) is 0 Å². The van der Waals surface area contributed by atoms with Gasteiger partial charge in [0.1, 0.15) is 0 Å². The summed E-state index contributed by atoms with van der Waals surface area (Å²) in [5.74, 6) is 0.579. The van der Waals surface area contributed by atoms with Crippen molar-refractivity contribution in [2.24, 2.45) is 9.98 Å². The summed E-state index contributed by atoms with van der Waals surface area (Å²) in [6, 6.07) is 31.5. The van der Waals surface area contributed by atoms with Gasteiger partial charge in [0.25, 0.3) is 11.4 Å². The molecule has 11 heteroatoms. The molecule has 5 aromatic rings. The van der Waals surface area contributed by atoms with Crippen LogP contribution in [0.2, 0.25) is 0 Å². The molecule has 0 N–H and O–H groups in total. The molecule has 0 radical (unpaired) electrons. The molecule has 0 aliphatic rings. The van der Waals surface area contributed by atoms with Crippen molar-refractivity contribution in [2.45, 2.75) is 79.1 Å². The third-order valence-corrected chi connectivity index (χ3v) is 8.43. The van der Waals surface area contributed by atoms with Gasteiger partial charge in [0.2, 0.25) is 0 Å². The summed E-state index contributed by atoms with van der Waals surface area (Å²) in [5.41, 5.74) is 6.27. The predicted octanol–water partition coefficient (Wildman–Crippen LogP) is 11.0. The minimum Gasteiger partial charge on any atom is -0.872 e. The van der Waals surface area contributed by atoms with Crippen molar-refractivity contribution >= 4 is 35.2 Å². The first-order valence-corrected chi connectivity index (χ1v) is 17.9. The Hall–Kier alpha value is -5.54. The molecule has 0 saturated heterocycles. The Morgan fingerprint density at radius 2 is 0.745 bits per heavy atom. The van der Waals surface area contributed by atoms with Crippen LogP contribution in [0.5, 0.6) is 11.5 Å². The maximum atomic E-state index is 11.9. The molecule has 0 aliphatic carbocycles. The number of rotatable bonds is 10. The molecule has 0 aliphatic heterocycles. The van der Waals surface area contributed by atoms with Crippen molar-refractivity contribution in [1.82, 2.24) is 0 Å². The fourth-order valence-corrected chi connectivity index (χ4v) is 5.48. The first-order valence-electron chi connectivity index (χ1n) is 17.9. The van der Waals surface area contributed by atoms with Gasteiger partial charge in [-0.2, -0.15) is 0 Å². The Bertz CT molecular complexity index is 1870. The molecule has 5 aromatic carbocycles. The van der Waals surface area contributed by atoms with Gasteiger partial charge in [-0.1, -0.05) is 152 Å². The molecule has 0 spiro atoms. The van der Waals surface area contributed by atoms with Gasteiger partial charge < -0.3 is 10.2 Å². The summed E-state index contributed by atoms with van der Waals surface area (Å²) in [7, 11) is 0. The number of non-ortho nitro benzene ring substituents is 2. The zero-order chi connectivity index (χ0) is 39.9. The number of hydrogen-bond acceptors (Lipinski definition) is 8. The molecule has 0 saturated carbocycles. The quantitative estimate of drug-likeness (QED) is 0.0592. The Morgan fingerprint density at radius 1 is 0.473 bits per heavy atom. The van der Waals surface area contributed by atoms with E-state index in [1.807, 2.05) is 72.8 Å². The number of nitro benzene ring substituents is 2. The zero-order valence-corrected chi connectivity index (χ0v) is 35.8. The van der Waals surface area contributed by atoms with Crippen LogP contribution >= 0.6 is 0 Å². The maximum Gasteiger partial charge on any atom is 2.00 e. The SMILES string of the molecule is CC(C)c1cccc(C(C)C)c1N=Cc1cc([N+](=O)[O-])ccc1[O-].CC(C)c1cccc(C(C)C)c1N=Cc1cc([N+](=O)[O-])ccc1[O-].[Zn+2].c1ccccc1. The second-order valence-electron chi connectivity index (χ2n) is 13.8. The number of aliphatic imine (C=N–C) groups is 2. The second kappa shape index (κ2) is 22.0. The van der Waals surface area contributed by atoms with Gasteiger partial charge in [-0.05, 0) is 57.1 Å². The third-order valence-electron chi connectivity index (χ3n) is 8.43. The molecule has 5 rings (SSSR count). The summed E-state index contributed by atoms with van der Waals surface area (Å²) in [5, 5.41) is 45.6. The molecule has 0 unspecified atom stereocenters. The van der Waals surface area contributed by atoms with E-state index in [4.69, 9.17) is 0 Å². The van der Waals surface area contributed by atoms with Crippen molar-refractivity contribution in [3.05, 3.63) is 163 Å². The van der Waals surface area contributed by atoms with E-state index in [9.17, 15) is 30.4 Å². The van der Waals surface area contributed by atoms with Crippen molar-refractivity contribution in [3.63, 3.8) is 0 Å². The van der Waals surface area contributed by atoms with Gasteiger partial charge >= 0.3 is 19.5 Å². The van der Waals surface area contributed by atoms with Crippen LogP contribution in [-0.4, -0.2) is 22.3 Å². The van der Waals surface area contributed by atoms with Gasteiger partial charge in [0, 0.05) is 36.7 Å². The van der Waals surface area contributed by atoms with Crippen LogP contribution < -0.4 is 10.2 Å². The summed E-state index contributed by atoms with van der Waals surface area (Å²) in [6.07, 6.45) is 2.87. The van der Waals surface area contributed by atoms with Crippen LogP contribution in [0, 0.1) is 20.2 Å². The van der Waals surface area contributed by atoms with Crippen LogP contribution in [0.1, 0.15) is 112 Å². The van der Waals surface area contributed by atoms with Crippen molar-refractivity contribution in [1.29, 1.82) is 0 Å². The van der Waals surface area contributed by atoms with E-state index < -0.39 is 9.85 Å². The molecule has 0 fully saturated rings. The van der Waals surface area contributed by atoms with Crippen LogP contribution in [0.15, 0.2) is 119 Å². The van der Waals surface area contributed by atoms with Crippen LogP contribution in [0.3, 0.4) is 0 Å². The minimum absolute atomic E-state index is 0. The molecule has 0 atom stereocenters. The molecule has 0 heterocycles. The predicted molar refractivity (Wildman–Crippen MR) is 215 cm³/mol. The van der Waals surface area contributed by atoms with E-state index in [1.54, 1.807) is 0 Å². The number of para-hydroxylation sites is 2. The molecule has 0 amide bonds. The topological polar surface area (TPSA) is 157 Å². The zero-order valence-electron chi connectivity index (χ0n) is 32.8. The normalized spacial score (nSPS) is 11.0. The Kier molecular flexibility index (Phi) is 18.2. The monoisotopic (exact) mass is 792 g/mol. The number of nitrogens with zero attached hydrogens (tertiary/aromatic N) is 4. The van der Waals surface area contributed by atoms with Gasteiger partial charge in [-0.15, -0.1) is 0 Å². The fraction of sp³-hybridized carbons (Fsp3) is 0.273. The number of hydrogen-bond donors (Lipinski definition) is 0. The first-order chi connectivity index (χ1) is 25.6. The minimum atomic E-state index is -0.515. The van der Waals surface area contributed by atoms with E-state index in [2.05, 4.69) is 65.4 Å². The van der Waals surface area contributed by atoms with E-state index in [-0.39, 0.29) is 77.2 Å². The van der Waals surface area contributed by atoms with Gasteiger partial charge in [0.15, 0.2) is 0 Å².